The third-order valence-corrected chi connectivity index (χ3v) is 5.55. The third-order valence-electron chi connectivity index (χ3n) is 4.10. The number of aliphatic hydroxyl groups excluding tert-OH is 1. The highest BCUT2D eigenvalue weighted by molar-refractivity contribution is 7.89. The summed E-state index contributed by atoms with van der Waals surface area (Å²) in [4.78, 5) is 2.44. The van der Waals surface area contributed by atoms with Gasteiger partial charge in [-0.25, -0.2) is 13.1 Å². The molecule has 1 aromatic rings. The SMILES string of the molecule is CN(CCNS(=O)(=O)c1cccc(CO)c1)C1CCCC1. The second kappa shape index (κ2) is 7.35. The Morgan fingerprint density at radius 2 is 2.05 bits per heavy atom. The number of hydrogen-bond donors (Lipinski definition) is 2. The number of aliphatic hydroxyl groups is 1. The lowest BCUT2D eigenvalue weighted by Gasteiger charge is -2.23. The van der Waals surface area contributed by atoms with Crippen LogP contribution >= 0.6 is 0 Å². The van der Waals surface area contributed by atoms with Crippen LogP contribution in [-0.4, -0.2) is 44.6 Å². The highest BCUT2D eigenvalue weighted by atomic mass is 32.2. The van der Waals surface area contributed by atoms with Crippen LogP contribution in [0.5, 0.6) is 0 Å². The molecule has 5 nitrogen and oxygen atoms in total. The largest absolute Gasteiger partial charge is 0.392 e. The highest BCUT2D eigenvalue weighted by Gasteiger charge is 2.20. The number of likely N-dealkylation sites (N-methyl/N-ethyl adjacent to an activating group) is 1. The van der Waals surface area contributed by atoms with Crippen molar-refractivity contribution in [1.82, 2.24) is 9.62 Å². The van der Waals surface area contributed by atoms with Gasteiger partial charge < -0.3 is 10.0 Å². The predicted molar refractivity (Wildman–Crippen MR) is 82.4 cm³/mol. The van der Waals surface area contributed by atoms with Gasteiger partial charge in [0.15, 0.2) is 0 Å². The van der Waals surface area contributed by atoms with Gasteiger partial charge >= 0.3 is 0 Å². The Kier molecular flexibility index (Phi) is 5.75. The van der Waals surface area contributed by atoms with Gasteiger partial charge in [-0.15, -0.1) is 0 Å². The minimum atomic E-state index is -3.50. The maximum atomic E-state index is 12.2. The molecule has 6 heteroatoms. The quantitative estimate of drug-likeness (QED) is 0.797. The lowest BCUT2D eigenvalue weighted by Crippen LogP contribution is -2.37. The molecule has 0 radical (unpaired) electrons. The Bertz CT molecular complexity index is 554. The Labute approximate surface area is 127 Å². The molecule has 118 valence electrons. The van der Waals surface area contributed by atoms with Crippen LogP contribution in [0.25, 0.3) is 0 Å². The molecular formula is C15H24N2O3S. The topological polar surface area (TPSA) is 69.6 Å². The van der Waals surface area contributed by atoms with Crippen molar-refractivity contribution in [3.8, 4) is 0 Å². The van der Waals surface area contributed by atoms with E-state index in [0.717, 1.165) is 0 Å². The number of benzene rings is 1. The smallest absolute Gasteiger partial charge is 0.240 e. The zero-order valence-corrected chi connectivity index (χ0v) is 13.3. The molecule has 2 N–H and O–H groups in total. The fourth-order valence-corrected chi connectivity index (χ4v) is 3.87. The van der Waals surface area contributed by atoms with Gasteiger partial charge in [-0.2, -0.15) is 0 Å². The van der Waals surface area contributed by atoms with Crippen LogP contribution in [0.2, 0.25) is 0 Å². The Morgan fingerprint density at radius 3 is 2.71 bits per heavy atom. The molecule has 1 aromatic carbocycles. The summed E-state index contributed by atoms with van der Waals surface area (Å²) in [6, 6.07) is 6.98. The Morgan fingerprint density at radius 1 is 1.33 bits per heavy atom. The van der Waals surface area contributed by atoms with E-state index in [9.17, 15) is 8.42 Å². The van der Waals surface area contributed by atoms with Crippen molar-refractivity contribution < 1.29 is 13.5 Å². The molecule has 2 rings (SSSR count). The Hall–Kier alpha value is -0.950. The zero-order valence-electron chi connectivity index (χ0n) is 12.5. The monoisotopic (exact) mass is 312 g/mol. The molecule has 1 aliphatic rings. The van der Waals surface area contributed by atoms with E-state index in [4.69, 9.17) is 5.11 Å². The molecule has 0 amide bonds. The molecule has 0 bridgehead atoms. The molecule has 0 saturated heterocycles. The minimum absolute atomic E-state index is 0.159. The van der Waals surface area contributed by atoms with E-state index >= 15 is 0 Å². The van der Waals surface area contributed by atoms with Gasteiger partial charge in [0, 0.05) is 19.1 Å². The lowest BCUT2D eigenvalue weighted by molar-refractivity contribution is 0.250. The fraction of sp³-hybridized carbons (Fsp3) is 0.600. The first kappa shape index (κ1) is 16.4. The average molecular weight is 312 g/mol. The van der Waals surface area contributed by atoms with Crippen LogP contribution in [0, 0.1) is 0 Å². The third kappa shape index (κ3) is 4.51. The van der Waals surface area contributed by atoms with Crippen molar-refractivity contribution in [1.29, 1.82) is 0 Å². The number of hydrogen-bond acceptors (Lipinski definition) is 4. The van der Waals surface area contributed by atoms with Crippen LogP contribution in [0.15, 0.2) is 29.2 Å². The minimum Gasteiger partial charge on any atom is -0.392 e. The molecular weight excluding hydrogens is 288 g/mol. The molecule has 21 heavy (non-hydrogen) atoms. The standard InChI is InChI=1S/C15H24N2O3S/c1-17(14-6-2-3-7-14)10-9-16-21(19,20)15-8-4-5-13(11-15)12-18/h4-5,8,11,14,16,18H,2-3,6-7,9-10,12H2,1H3. The van der Waals surface area contributed by atoms with Gasteiger partial charge in [-0.05, 0) is 37.6 Å². The van der Waals surface area contributed by atoms with Crippen molar-refractivity contribution in [2.24, 2.45) is 0 Å². The van der Waals surface area contributed by atoms with Gasteiger partial charge in [0.25, 0.3) is 0 Å². The number of sulfonamides is 1. The van der Waals surface area contributed by atoms with Crippen LogP contribution < -0.4 is 4.72 Å². The van der Waals surface area contributed by atoms with Crippen LogP contribution in [0.1, 0.15) is 31.2 Å². The highest BCUT2D eigenvalue weighted by Crippen LogP contribution is 2.21. The number of nitrogens with one attached hydrogen (secondary N) is 1. The van der Waals surface area contributed by atoms with Gasteiger partial charge in [0.2, 0.25) is 10.0 Å². The zero-order chi connectivity index (χ0) is 15.3. The van der Waals surface area contributed by atoms with Gasteiger partial charge in [-0.1, -0.05) is 25.0 Å². The van der Waals surface area contributed by atoms with E-state index in [1.807, 2.05) is 0 Å². The van der Waals surface area contributed by atoms with Crippen LogP contribution in [-0.2, 0) is 16.6 Å². The maximum absolute atomic E-state index is 12.2. The van der Waals surface area contributed by atoms with Gasteiger partial charge in [0.05, 0.1) is 11.5 Å². The summed E-state index contributed by atoms with van der Waals surface area (Å²) in [5.74, 6) is 0. The van der Waals surface area contributed by atoms with Gasteiger partial charge in [-0.3, -0.25) is 0 Å². The summed E-state index contributed by atoms with van der Waals surface area (Å²) in [6.45, 7) is 0.954. The predicted octanol–water partition coefficient (Wildman–Crippen LogP) is 1.33. The number of nitrogens with zero attached hydrogens (tertiary/aromatic N) is 1. The van der Waals surface area contributed by atoms with Crippen molar-refractivity contribution in [2.75, 3.05) is 20.1 Å². The molecule has 1 fully saturated rings. The molecule has 0 heterocycles. The van der Waals surface area contributed by atoms with Crippen molar-refractivity contribution >= 4 is 10.0 Å². The van der Waals surface area contributed by atoms with E-state index in [-0.39, 0.29) is 11.5 Å². The summed E-state index contributed by atoms with van der Waals surface area (Å²) in [7, 11) is -1.45. The molecule has 0 atom stereocenters. The first-order chi connectivity index (χ1) is 10.0. The second-order valence-electron chi connectivity index (χ2n) is 5.62. The summed E-state index contributed by atoms with van der Waals surface area (Å²) >= 11 is 0. The van der Waals surface area contributed by atoms with Crippen LogP contribution in [0.3, 0.4) is 0 Å². The normalized spacial score (nSPS) is 16.7. The average Bonchev–Trinajstić information content (AvgIpc) is 3.01. The van der Waals surface area contributed by atoms with E-state index in [0.29, 0.717) is 24.7 Å². The van der Waals surface area contributed by atoms with Gasteiger partial charge in [0.1, 0.15) is 0 Å². The Balaban J connectivity index is 1.88. The van der Waals surface area contributed by atoms with Crippen molar-refractivity contribution in [2.45, 2.75) is 43.2 Å². The van der Waals surface area contributed by atoms with Crippen molar-refractivity contribution in [3.05, 3.63) is 29.8 Å². The molecule has 0 aliphatic heterocycles. The van der Waals surface area contributed by atoms with E-state index in [2.05, 4.69) is 16.7 Å². The molecule has 0 aromatic heterocycles. The molecule has 0 unspecified atom stereocenters. The van der Waals surface area contributed by atoms with Crippen LogP contribution in [0.4, 0.5) is 0 Å². The lowest BCUT2D eigenvalue weighted by atomic mass is 10.2. The first-order valence-corrected chi connectivity index (χ1v) is 8.91. The summed E-state index contributed by atoms with van der Waals surface area (Å²) in [5.41, 5.74) is 0.598. The van der Waals surface area contributed by atoms with E-state index in [1.54, 1.807) is 18.2 Å². The fourth-order valence-electron chi connectivity index (χ4n) is 2.78. The maximum Gasteiger partial charge on any atom is 0.240 e. The summed E-state index contributed by atoms with van der Waals surface area (Å²) in [6.07, 6.45) is 4.97. The van der Waals surface area contributed by atoms with E-state index in [1.165, 1.54) is 31.7 Å². The van der Waals surface area contributed by atoms with E-state index < -0.39 is 10.0 Å². The molecule has 1 saturated carbocycles. The number of rotatable bonds is 7. The first-order valence-electron chi connectivity index (χ1n) is 7.42. The molecule has 0 spiro atoms. The molecule has 1 aliphatic carbocycles. The van der Waals surface area contributed by atoms with Crippen molar-refractivity contribution in [3.63, 3.8) is 0 Å². The second-order valence-corrected chi connectivity index (χ2v) is 7.39. The summed E-state index contributed by atoms with van der Waals surface area (Å²) < 4.78 is 27.0. The summed E-state index contributed by atoms with van der Waals surface area (Å²) in [5, 5.41) is 9.08.